The van der Waals surface area contributed by atoms with Crippen LogP contribution in [0.4, 0.5) is 0 Å². The van der Waals surface area contributed by atoms with Gasteiger partial charge in [0.25, 0.3) is 0 Å². The molecule has 0 unspecified atom stereocenters. The molecule has 0 saturated carbocycles. The maximum absolute atomic E-state index is 5.59. The molecular weight excluding hydrogens is 386 g/mol. The Morgan fingerprint density at radius 2 is 1.62 bits per heavy atom. The summed E-state index contributed by atoms with van der Waals surface area (Å²) in [5, 5.41) is 5.33. The van der Waals surface area contributed by atoms with Gasteiger partial charge in [0.05, 0.1) is 24.0 Å². The number of nitrogens with zero attached hydrogens (tertiary/aromatic N) is 2. The average molecular weight is 400 g/mol. The number of aliphatic imine (C=N–C) groups is 1. The van der Waals surface area contributed by atoms with Crippen LogP contribution in [0.1, 0.15) is 11.5 Å². The summed E-state index contributed by atoms with van der Waals surface area (Å²) in [7, 11) is 2.83. The van der Waals surface area contributed by atoms with Crippen molar-refractivity contribution >= 4 is 68.6 Å². The van der Waals surface area contributed by atoms with E-state index in [0.717, 1.165) is 5.09 Å². The third-order valence-corrected chi connectivity index (χ3v) is 4.55. The minimum absolute atomic E-state index is 0.0911. The molecule has 0 bridgehead atoms. The second kappa shape index (κ2) is 9.47. The Balaban J connectivity index is 1.83. The molecule has 0 aliphatic heterocycles. The lowest BCUT2D eigenvalue weighted by molar-refractivity contribution is 0.467. The minimum Gasteiger partial charge on any atom is -0.448 e. The van der Waals surface area contributed by atoms with Crippen LogP contribution in [0, 0.1) is 0 Å². The molecule has 2 aromatic rings. The highest BCUT2D eigenvalue weighted by Crippen LogP contribution is 2.38. The van der Waals surface area contributed by atoms with Gasteiger partial charge >= 0.3 is 0 Å². The van der Waals surface area contributed by atoms with Crippen LogP contribution in [-0.4, -0.2) is 29.1 Å². The lowest BCUT2D eigenvalue weighted by Gasteiger charge is -1.94. The molecule has 126 valence electrons. The van der Waals surface area contributed by atoms with E-state index in [0.29, 0.717) is 28.1 Å². The van der Waals surface area contributed by atoms with Crippen molar-refractivity contribution in [3.8, 4) is 0 Å². The third kappa shape index (κ3) is 6.74. The van der Waals surface area contributed by atoms with Crippen molar-refractivity contribution in [2.45, 2.75) is 10.2 Å². The zero-order valence-electron chi connectivity index (χ0n) is 12.2. The van der Waals surface area contributed by atoms with Crippen molar-refractivity contribution in [1.29, 1.82) is 0 Å². The molecule has 5 N–H and O–H groups in total. The number of furan rings is 2. The molecule has 0 radical (unpaired) electrons. The zero-order valence-corrected chi connectivity index (χ0v) is 15.4. The first kappa shape index (κ1) is 18.5. The fourth-order valence-electron chi connectivity index (χ4n) is 1.36. The Hall–Kier alpha value is -1.82. The molecule has 2 rings (SSSR count). The van der Waals surface area contributed by atoms with E-state index in [1.54, 1.807) is 12.3 Å². The highest BCUT2D eigenvalue weighted by molar-refractivity contribution is 8.76. The molecular formula is C13H13N5O2S4. The average Bonchev–Trinajstić information content (AvgIpc) is 3.14. The van der Waals surface area contributed by atoms with E-state index in [-0.39, 0.29) is 5.11 Å². The predicted molar refractivity (Wildman–Crippen MR) is 106 cm³/mol. The third-order valence-electron chi connectivity index (χ3n) is 2.24. The number of hydrogen-bond acceptors (Lipinski definition) is 8. The van der Waals surface area contributed by atoms with Gasteiger partial charge in [0, 0.05) is 0 Å². The highest BCUT2D eigenvalue weighted by Gasteiger charge is 2.06. The predicted octanol–water partition coefficient (Wildman–Crippen LogP) is 2.54. The Morgan fingerprint density at radius 1 is 1.04 bits per heavy atom. The summed E-state index contributed by atoms with van der Waals surface area (Å²) < 4.78 is 11.1. The van der Waals surface area contributed by atoms with Crippen LogP contribution in [-0.2, 0) is 0 Å². The molecule has 24 heavy (non-hydrogen) atoms. The number of thiocarbonyl (C=S) groups is 2. The van der Waals surface area contributed by atoms with Crippen LogP contribution >= 0.6 is 46.0 Å². The van der Waals surface area contributed by atoms with Crippen molar-refractivity contribution in [1.82, 2.24) is 5.43 Å². The molecule has 11 heteroatoms. The topological polar surface area (TPSA) is 115 Å². The van der Waals surface area contributed by atoms with Gasteiger partial charge in [-0.2, -0.15) is 5.10 Å². The van der Waals surface area contributed by atoms with Crippen molar-refractivity contribution in [2.75, 3.05) is 6.54 Å². The quantitative estimate of drug-likeness (QED) is 0.266. The van der Waals surface area contributed by atoms with Gasteiger partial charge in [-0.3, -0.25) is 10.4 Å². The number of rotatable bonds is 8. The smallest absolute Gasteiger partial charge is 0.184 e. The van der Waals surface area contributed by atoms with E-state index in [9.17, 15) is 0 Å². The van der Waals surface area contributed by atoms with Gasteiger partial charge in [-0.15, -0.1) is 0 Å². The van der Waals surface area contributed by atoms with Crippen LogP contribution in [0.2, 0.25) is 0 Å². The van der Waals surface area contributed by atoms with Crippen molar-refractivity contribution in [3.05, 3.63) is 35.8 Å². The molecule has 0 amide bonds. The summed E-state index contributed by atoms with van der Waals surface area (Å²) in [5.41, 5.74) is 13.1. The summed E-state index contributed by atoms with van der Waals surface area (Å²) in [4.78, 5) is 4.40. The number of nitrogens with one attached hydrogen (secondary N) is 1. The Labute approximate surface area is 156 Å². The fraction of sp³-hybridized carbons (Fsp3) is 0.0769. The van der Waals surface area contributed by atoms with Crippen LogP contribution in [0.3, 0.4) is 0 Å². The summed E-state index contributed by atoms with van der Waals surface area (Å²) in [6, 6.07) is 7.27. The van der Waals surface area contributed by atoms with Gasteiger partial charge < -0.3 is 20.3 Å². The monoisotopic (exact) mass is 399 g/mol. The maximum atomic E-state index is 5.59. The molecule has 0 saturated heterocycles. The van der Waals surface area contributed by atoms with E-state index in [1.807, 2.05) is 18.2 Å². The van der Waals surface area contributed by atoms with Crippen LogP contribution in [0.25, 0.3) is 0 Å². The Bertz CT molecular complexity index is 704. The molecule has 0 fully saturated rings. The van der Waals surface area contributed by atoms with Crippen LogP contribution in [0.15, 0.2) is 53.4 Å². The molecule has 0 spiro atoms. The van der Waals surface area contributed by atoms with E-state index in [4.69, 9.17) is 32.5 Å². The van der Waals surface area contributed by atoms with E-state index >= 15 is 0 Å². The standard InChI is InChI=1S/C13H13N5O2S4/c14-10(21)7-16-5-8-1-3-11(19-8)23-24-12-4-2-9(20-12)6-17-18-13(15)22/h1-6H,7H2,(H2,14,21)(H3,15,18,22)/b16-5?,17-6+. The lowest BCUT2D eigenvalue weighted by Crippen LogP contribution is -2.23. The number of hydrogen-bond donors (Lipinski definition) is 3. The zero-order chi connectivity index (χ0) is 17.4. The van der Waals surface area contributed by atoms with Crippen molar-refractivity contribution < 1.29 is 8.83 Å². The Morgan fingerprint density at radius 3 is 2.17 bits per heavy atom. The van der Waals surface area contributed by atoms with Gasteiger partial charge in [0.1, 0.15) is 11.5 Å². The maximum Gasteiger partial charge on any atom is 0.184 e. The van der Waals surface area contributed by atoms with Gasteiger partial charge in [0.15, 0.2) is 15.3 Å². The number of hydrazone groups is 1. The van der Waals surface area contributed by atoms with E-state index in [1.165, 1.54) is 27.8 Å². The molecule has 0 aromatic carbocycles. The second-order valence-corrected chi connectivity index (χ2v) is 7.25. The van der Waals surface area contributed by atoms with E-state index < -0.39 is 0 Å². The SMILES string of the molecule is NC(=S)CN=Cc1ccc(SSc2ccc(/C=N/NC(N)=S)o2)o1. The van der Waals surface area contributed by atoms with Crippen molar-refractivity contribution in [3.63, 3.8) is 0 Å². The van der Waals surface area contributed by atoms with Crippen molar-refractivity contribution in [2.24, 2.45) is 21.6 Å². The normalized spacial score (nSPS) is 11.3. The Kier molecular flexibility index (Phi) is 7.31. The molecule has 0 aliphatic carbocycles. The number of nitrogens with two attached hydrogens (primary N) is 2. The van der Waals surface area contributed by atoms with Gasteiger partial charge in [0.2, 0.25) is 0 Å². The van der Waals surface area contributed by atoms with E-state index in [2.05, 4.69) is 27.7 Å². The molecule has 0 aliphatic rings. The summed E-state index contributed by atoms with van der Waals surface area (Å²) in [5.74, 6) is 1.21. The highest BCUT2D eigenvalue weighted by atomic mass is 33.1. The largest absolute Gasteiger partial charge is 0.448 e. The first-order chi connectivity index (χ1) is 11.5. The van der Waals surface area contributed by atoms with Gasteiger partial charge in [-0.1, -0.05) is 12.2 Å². The van der Waals surface area contributed by atoms with Gasteiger partial charge in [-0.05, 0) is 58.1 Å². The minimum atomic E-state index is 0.0911. The van der Waals surface area contributed by atoms with Crippen LogP contribution < -0.4 is 16.9 Å². The first-order valence-corrected chi connectivity index (χ1v) is 9.40. The molecule has 2 aromatic heterocycles. The van der Waals surface area contributed by atoms with Crippen LogP contribution in [0.5, 0.6) is 0 Å². The lowest BCUT2D eigenvalue weighted by atomic mass is 10.5. The summed E-state index contributed by atoms with van der Waals surface area (Å²) >= 11 is 9.38. The second-order valence-electron chi connectivity index (χ2n) is 4.15. The summed E-state index contributed by atoms with van der Waals surface area (Å²) in [6.07, 6.45) is 3.07. The summed E-state index contributed by atoms with van der Waals surface area (Å²) in [6.45, 7) is 0.299. The molecule has 0 atom stereocenters. The van der Waals surface area contributed by atoms with Gasteiger partial charge in [-0.25, -0.2) is 0 Å². The first-order valence-electron chi connectivity index (χ1n) is 6.44. The molecule has 2 heterocycles. The molecule has 7 nitrogen and oxygen atoms in total. The fourth-order valence-corrected chi connectivity index (χ4v) is 3.19.